The molecule has 0 saturated carbocycles. The lowest BCUT2D eigenvalue weighted by molar-refractivity contribution is 0.181. The highest BCUT2D eigenvalue weighted by molar-refractivity contribution is 5.16. The average Bonchev–Trinajstić information content (AvgIpc) is 2.46. The molecule has 106 valence electrons. The molecule has 19 heavy (non-hydrogen) atoms. The van der Waals surface area contributed by atoms with Gasteiger partial charge in [0, 0.05) is 38.8 Å². The van der Waals surface area contributed by atoms with Crippen molar-refractivity contribution in [3.05, 3.63) is 35.6 Å². The highest BCUT2D eigenvalue weighted by atomic mass is 19.1. The summed E-state index contributed by atoms with van der Waals surface area (Å²) in [6.45, 7) is 8.71. The topological polar surface area (TPSA) is 27.3 Å². The SMILES string of the molecule is CC(CNCCc1ccc(F)cc1)N1CCNCC1. The van der Waals surface area contributed by atoms with Crippen LogP contribution in [0.5, 0.6) is 0 Å². The van der Waals surface area contributed by atoms with Gasteiger partial charge in [-0.2, -0.15) is 0 Å². The molecule has 0 aromatic heterocycles. The van der Waals surface area contributed by atoms with E-state index in [0.29, 0.717) is 6.04 Å². The van der Waals surface area contributed by atoms with E-state index in [0.717, 1.165) is 45.7 Å². The van der Waals surface area contributed by atoms with Crippen molar-refractivity contribution in [3.63, 3.8) is 0 Å². The Balaban J connectivity index is 1.62. The second kappa shape index (κ2) is 7.58. The van der Waals surface area contributed by atoms with Crippen LogP contribution in [0.15, 0.2) is 24.3 Å². The lowest BCUT2D eigenvalue weighted by Gasteiger charge is -2.32. The van der Waals surface area contributed by atoms with Crippen molar-refractivity contribution in [1.29, 1.82) is 0 Å². The van der Waals surface area contributed by atoms with E-state index in [1.54, 1.807) is 0 Å². The fourth-order valence-electron chi connectivity index (χ4n) is 2.45. The van der Waals surface area contributed by atoms with Gasteiger partial charge < -0.3 is 10.6 Å². The summed E-state index contributed by atoms with van der Waals surface area (Å²) in [7, 11) is 0. The zero-order valence-electron chi connectivity index (χ0n) is 11.7. The second-order valence-electron chi connectivity index (χ2n) is 5.22. The molecule has 1 aliphatic heterocycles. The van der Waals surface area contributed by atoms with Crippen LogP contribution in [0.3, 0.4) is 0 Å². The molecule has 0 aliphatic carbocycles. The standard InChI is InChI=1S/C15H24FN3/c1-13(19-10-8-17-9-11-19)12-18-7-6-14-2-4-15(16)5-3-14/h2-5,13,17-18H,6-12H2,1H3. The third-order valence-electron chi connectivity index (χ3n) is 3.72. The van der Waals surface area contributed by atoms with E-state index < -0.39 is 0 Å². The van der Waals surface area contributed by atoms with E-state index in [1.807, 2.05) is 12.1 Å². The first-order chi connectivity index (χ1) is 9.25. The van der Waals surface area contributed by atoms with Crippen LogP contribution in [0.2, 0.25) is 0 Å². The van der Waals surface area contributed by atoms with Crippen molar-refractivity contribution >= 4 is 0 Å². The molecule has 1 saturated heterocycles. The monoisotopic (exact) mass is 265 g/mol. The highest BCUT2D eigenvalue weighted by Crippen LogP contribution is 2.03. The van der Waals surface area contributed by atoms with E-state index in [4.69, 9.17) is 0 Å². The zero-order chi connectivity index (χ0) is 13.5. The van der Waals surface area contributed by atoms with Gasteiger partial charge >= 0.3 is 0 Å². The number of hydrogen-bond donors (Lipinski definition) is 2. The van der Waals surface area contributed by atoms with Gasteiger partial charge in [0.25, 0.3) is 0 Å². The number of benzene rings is 1. The maximum absolute atomic E-state index is 12.8. The second-order valence-corrected chi connectivity index (χ2v) is 5.22. The van der Waals surface area contributed by atoms with Crippen LogP contribution in [0.25, 0.3) is 0 Å². The Morgan fingerprint density at radius 2 is 1.95 bits per heavy atom. The molecule has 2 N–H and O–H groups in total. The summed E-state index contributed by atoms with van der Waals surface area (Å²) in [6.07, 6.45) is 0.953. The Kier molecular flexibility index (Phi) is 5.76. The van der Waals surface area contributed by atoms with Crippen molar-refractivity contribution in [3.8, 4) is 0 Å². The van der Waals surface area contributed by atoms with Crippen LogP contribution < -0.4 is 10.6 Å². The lowest BCUT2D eigenvalue weighted by Crippen LogP contribution is -2.50. The van der Waals surface area contributed by atoms with E-state index in [2.05, 4.69) is 22.5 Å². The van der Waals surface area contributed by atoms with E-state index in [1.165, 1.54) is 17.7 Å². The van der Waals surface area contributed by atoms with Crippen molar-refractivity contribution in [2.24, 2.45) is 0 Å². The van der Waals surface area contributed by atoms with Gasteiger partial charge in [-0.1, -0.05) is 12.1 Å². The molecule has 1 fully saturated rings. The molecular formula is C15H24FN3. The zero-order valence-corrected chi connectivity index (χ0v) is 11.7. The number of piperazine rings is 1. The van der Waals surface area contributed by atoms with E-state index in [-0.39, 0.29) is 5.82 Å². The summed E-state index contributed by atoms with van der Waals surface area (Å²) < 4.78 is 12.8. The van der Waals surface area contributed by atoms with Crippen LogP contribution in [0.4, 0.5) is 4.39 Å². The van der Waals surface area contributed by atoms with Gasteiger partial charge in [-0.05, 0) is 37.6 Å². The Hall–Kier alpha value is -0.970. The molecule has 4 heteroatoms. The molecule has 1 atom stereocenters. The third kappa shape index (κ3) is 4.90. The Labute approximate surface area is 115 Å². The fraction of sp³-hybridized carbons (Fsp3) is 0.600. The van der Waals surface area contributed by atoms with Crippen molar-refractivity contribution in [2.75, 3.05) is 39.3 Å². The summed E-state index contributed by atoms with van der Waals surface area (Å²) in [6, 6.07) is 7.35. The lowest BCUT2D eigenvalue weighted by atomic mass is 10.1. The Morgan fingerprint density at radius 1 is 1.26 bits per heavy atom. The molecule has 1 aromatic carbocycles. The molecule has 0 spiro atoms. The average molecular weight is 265 g/mol. The predicted octanol–water partition coefficient (Wildman–Crippen LogP) is 1.25. The van der Waals surface area contributed by atoms with Crippen LogP contribution in [-0.2, 0) is 6.42 Å². The maximum atomic E-state index is 12.8. The smallest absolute Gasteiger partial charge is 0.123 e. The largest absolute Gasteiger partial charge is 0.315 e. The van der Waals surface area contributed by atoms with Gasteiger partial charge in [0.05, 0.1) is 0 Å². The van der Waals surface area contributed by atoms with Crippen molar-refractivity contribution in [1.82, 2.24) is 15.5 Å². The van der Waals surface area contributed by atoms with Gasteiger partial charge in [0.2, 0.25) is 0 Å². The Morgan fingerprint density at radius 3 is 2.63 bits per heavy atom. The first-order valence-electron chi connectivity index (χ1n) is 7.15. The van der Waals surface area contributed by atoms with Gasteiger partial charge in [-0.15, -0.1) is 0 Å². The summed E-state index contributed by atoms with van der Waals surface area (Å²) in [4.78, 5) is 2.52. The van der Waals surface area contributed by atoms with E-state index in [9.17, 15) is 4.39 Å². The number of hydrogen-bond acceptors (Lipinski definition) is 3. The number of halogens is 1. The predicted molar refractivity (Wildman–Crippen MR) is 76.9 cm³/mol. The van der Waals surface area contributed by atoms with Crippen LogP contribution in [0.1, 0.15) is 12.5 Å². The third-order valence-corrected chi connectivity index (χ3v) is 3.72. The molecule has 0 bridgehead atoms. The molecule has 1 aromatic rings. The molecule has 1 aliphatic rings. The first kappa shape index (κ1) is 14.4. The number of nitrogens with one attached hydrogen (secondary N) is 2. The molecule has 0 radical (unpaired) electrons. The molecule has 2 rings (SSSR count). The van der Waals surface area contributed by atoms with Crippen LogP contribution in [-0.4, -0.2) is 50.2 Å². The van der Waals surface area contributed by atoms with Gasteiger partial charge in [0.15, 0.2) is 0 Å². The molecule has 1 heterocycles. The fourth-order valence-corrected chi connectivity index (χ4v) is 2.45. The van der Waals surface area contributed by atoms with Crippen molar-refractivity contribution < 1.29 is 4.39 Å². The normalized spacial score (nSPS) is 18.4. The first-order valence-corrected chi connectivity index (χ1v) is 7.15. The highest BCUT2D eigenvalue weighted by Gasteiger charge is 2.15. The quantitative estimate of drug-likeness (QED) is 0.758. The van der Waals surface area contributed by atoms with Gasteiger partial charge in [-0.25, -0.2) is 4.39 Å². The van der Waals surface area contributed by atoms with E-state index >= 15 is 0 Å². The number of rotatable bonds is 6. The molecule has 1 unspecified atom stereocenters. The Bertz CT molecular complexity index is 360. The van der Waals surface area contributed by atoms with Crippen LogP contribution in [0, 0.1) is 5.82 Å². The summed E-state index contributed by atoms with van der Waals surface area (Å²) in [5, 5.41) is 6.86. The molecule has 0 amide bonds. The van der Waals surface area contributed by atoms with Crippen molar-refractivity contribution in [2.45, 2.75) is 19.4 Å². The molecule has 3 nitrogen and oxygen atoms in total. The summed E-state index contributed by atoms with van der Waals surface area (Å²) >= 11 is 0. The van der Waals surface area contributed by atoms with Gasteiger partial charge in [-0.3, -0.25) is 4.90 Å². The minimum absolute atomic E-state index is 0.163. The van der Waals surface area contributed by atoms with Crippen LogP contribution >= 0.6 is 0 Å². The maximum Gasteiger partial charge on any atom is 0.123 e. The number of nitrogens with zero attached hydrogens (tertiary/aromatic N) is 1. The van der Waals surface area contributed by atoms with Gasteiger partial charge in [0.1, 0.15) is 5.82 Å². The summed E-state index contributed by atoms with van der Waals surface area (Å²) in [5.41, 5.74) is 1.18. The minimum Gasteiger partial charge on any atom is -0.315 e. The summed E-state index contributed by atoms with van der Waals surface area (Å²) in [5.74, 6) is -0.163. The minimum atomic E-state index is -0.163. The molecular weight excluding hydrogens is 241 g/mol.